The molecule has 1 heterocycles. The van der Waals surface area contributed by atoms with E-state index in [9.17, 15) is 0 Å². The molecule has 0 radical (unpaired) electrons. The van der Waals surface area contributed by atoms with Crippen LogP contribution in [0.25, 0.3) is 0 Å². The van der Waals surface area contributed by atoms with Crippen molar-refractivity contribution >= 4 is 0 Å². The monoisotopic (exact) mass is 209 g/mol. The Bertz CT molecular complexity index is 280. The maximum Gasteiger partial charge on any atom is 0.0640 e. The van der Waals surface area contributed by atoms with Crippen LogP contribution in [0.15, 0.2) is 12.3 Å². The molecule has 86 valence electrons. The molecular formula is C12H23N3. The lowest BCUT2D eigenvalue weighted by atomic mass is 9.95. The minimum absolute atomic E-state index is 0.551. The summed E-state index contributed by atoms with van der Waals surface area (Å²) in [7, 11) is 1.97. The van der Waals surface area contributed by atoms with Crippen LogP contribution in [0.5, 0.6) is 0 Å². The van der Waals surface area contributed by atoms with E-state index < -0.39 is 0 Å². The van der Waals surface area contributed by atoms with Crippen molar-refractivity contribution in [2.24, 2.45) is 13.0 Å². The largest absolute Gasteiger partial charge is 0.314 e. The Hall–Kier alpha value is -0.830. The topological polar surface area (TPSA) is 29.9 Å². The molecule has 0 aromatic carbocycles. The molecule has 0 bridgehead atoms. The average molecular weight is 209 g/mol. The van der Waals surface area contributed by atoms with Gasteiger partial charge in [0.1, 0.15) is 0 Å². The lowest BCUT2D eigenvalue weighted by Gasteiger charge is -2.22. The number of rotatable bonds is 6. The second-order valence-electron chi connectivity index (χ2n) is 4.23. The van der Waals surface area contributed by atoms with Crippen molar-refractivity contribution in [1.29, 1.82) is 0 Å². The fraction of sp³-hybridized carbons (Fsp3) is 0.750. The van der Waals surface area contributed by atoms with E-state index in [1.165, 1.54) is 12.1 Å². The Labute approximate surface area is 92.9 Å². The summed E-state index contributed by atoms with van der Waals surface area (Å²) in [6.07, 6.45) is 4.25. The molecule has 0 aliphatic carbocycles. The van der Waals surface area contributed by atoms with Gasteiger partial charge < -0.3 is 5.32 Å². The van der Waals surface area contributed by atoms with Gasteiger partial charge in [-0.25, -0.2) is 0 Å². The van der Waals surface area contributed by atoms with Crippen LogP contribution in [0.3, 0.4) is 0 Å². The quantitative estimate of drug-likeness (QED) is 0.776. The highest BCUT2D eigenvalue weighted by Crippen LogP contribution is 2.12. The van der Waals surface area contributed by atoms with Gasteiger partial charge in [-0.1, -0.05) is 27.2 Å². The van der Waals surface area contributed by atoms with Gasteiger partial charge >= 0.3 is 0 Å². The molecule has 1 rings (SSSR count). The number of likely N-dealkylation sites (N-methyl/N-ethyl adjacent to an activating group) is 1. The predicted molar refractivity (Wildman–Crippen MR) is 63.8 cm³/mol. The van der Waals surface area contributed by atoms with Crippen molar-refractivity contribution in [3.05, 3.63) is 18.0 Å². The summed E-state index contributed by atoms with van der Waals surface area (Å²) in [5, 5.41) is 7.97. The zero-order chi connectivity index (χ0) is 11.3. The summed E-state index contributed by atoms with van der Waals surface area (Å²) in [6, 6.07) is 2.65. The molecule has 1 aromatic rings. The summed E-state index contributed by atoms with van der Waals surface area (Å²) in [4.78, 5) is 0. The molecule has 1 aromatic heterocycles. The lowest BCUT2D eigenvalue weighted by molar-refractivity contribution is 0.368. The molecule has 0 saturated carbocycles. The number of aryl methyl sites for hydroxylation is 1. The Kier molecular flexibility index (Phi) is 4.82. The molecule has 0 spiro atoms. The van der Waals surface area contributed by atoms with Crippen LogP contribution < -0.4 is 5.32 Å². The molecule has 2 unspecified atom stereocenters. The van der Waals surface area contributed by atoms with Crippen LogP contribution >= 0.6 is 0 Å². The molecule has 15 heavy (non-hydrogen) atoms. The lowest BCUT2D eigenvalue weighted by Crippen LogP contribution is -2.36. The fourth-order valence-corrected chi connectivity index (χ4v) is 1.82. The van der Waals surface area contributed by atoms with Crippen molar-refractivity contribution in [2.45, 2.75) is 39.7 Å². The first-order valence-electron chi connectivity index (χ1n) is 5.89. The van der Waals surface area contributed by atoms with E-state index in [0.717, 1.165) is 13.0 Å². The minimum atomic E-state index is 0.551. The number of nitrogens with zero attached hydrogens (tertiary/aromatic N) is 2. The zero-order valence-corrected chi connectivity index (χ0v) is 10.3. The number of nitrogens with one attached hydrogen (secondary N) is 1. The SMILES string of the molecule is CCNC(Cc1ccn(C)n1)C(C)CC. The molecule has 0 saturated heterocycles. The summed E-state index contributed by atoms with van der Waals surface area (Å²) < 4.78 is 1.87. The van der Waals surface area contributed by atoms with Crippen LogP contribution in [0, 0.1) is 5.92 Å². The third-order valence-corrected chi connectivity index (χ3v) is 3.00. The van der Waals surface area contributed by atoms with Crippen LogP contribution in [-0.2, 0) is 13.5 Å². The summed E-state index contributed by atoms with van der Waals surface area (Å²) in [5.41, 5.74) is 1.18. The van der Waals surface area contributed by atoms with Crippen LogP contribution in [0.2, 0.25) is 0 Å². The van der Waals surface area contributed by atoms with Crippen LogP contribution in [-0.4, -0.2) is 22.4 Å². The summed E-state index contributed by atoms with van der Waals surface area (Å²) in [5.74, 6) is 0.701. The van der Waals surface area contributed by atoms with E-state index in [0.29, 0.717) is 12.0 Å². The third kappa shape index (κ3) is 3.67. The van der Waals surface area contributed by atoms with Gasteiger partial charge in [-0.15, -0.1) is 0 Å². The summed E-state index contributed by atoms with van der Waals surface area (Å²) >= 11 is 0. The highest BCUT2D eigenvalue weighted by atomic mass is 15.2. The van der Waals surface area contributed by atoms with E-state index in [1.54, 1.807) is 0 Å². The van der Waals surface area contributed by atoms with E-state index in [-0.39, 0.29) is 0 Å². The Morgan fingerprint density at radius 3 is 2.67 bits per heavy atom. The zero-order valence-electron chi connectivity index (χ0n) is 10.3. The van der Waals surface area contributed by atoms with Crippen LogP contribution in [0.1, 0.15) is 32.9 Å². The van der Waals surface area contributed by atoms with E-state index in [4.69, 9.17) is 0 Å². The standard InChI is InChI=1S/C12H23N3/c1-5-10(3)12(13-6-2)9-11-7-8-15(4)14-11/h7-8,10,12-13H,5-6,9H2,1-4H3. The highest BCUT2D eigenvalue weighted by Gasteiger charge is 2.15. The normalized spacial score (nSPS) is 15.2. The molecule has 1 N–H and O–H groups in total. The van der Waals surface area contributed by atoms with Crippen molar-refractivity contribution in [2.75, 3.05) is 6.54 Å². The van der Waals surface area contributed by atoms with E-state index in [1.807, 2.05) is 17.9 Å². The molecular weight excluding hydrogens is 186 g/mol. The number of hydrogen-bond donors (Lipinski definition) is 1. The fourth-order valence-electron chi connectivity index (χ4n) is 1.82. The van der Waals surface area contributed by atoms with E-state index >= 15 is 0 Å². The minimum Gasteiger partial charge on any atom is -0.314 e. The Balaban J connectivity index is 2.57. The number of hydrogen-bond acceptors (Lipinski definition) is 2. The van der Waals surface area contributed by atoms with Gasteiger partial charge in [0.05, 0.1) is 5.69 Å². The van der Waals surface area contributed by atoms with Gasteiger partial charge in [0.15, 0.2) is 0 Å². The highest BCUT2D eigenvalue weighted by molar-refractivity contribution is 5.01. The van der Waals surface area contributed by atoms with Crippen molar-refractivity contribution in [3.8, 4) is 0 Å². The Morgan fingerprint density at radius 1 is 1.47 bits per heavy atom. The van der Waals surface area contributed by atoms with Crippen molar-refractivity contribution in [3.63, 3.8) is 0 Å². The van der Waals surface area contributed by atoms with Crippen LogP contribution in [0.4, 0.5) is 0 Å². The first-order chi connectivity index (χ1) is 7.17. The maximum atomic E-state index is 4.43. The first-order valence-corrected chi connectivity index (χ1v) is 5.89. The summed E-state index contributed by atoms with van der Waals surface area (Å²) in [6.45, 7) is 7.74. The second-order valence-corrected chi connectivity index (χ2v) is 4.23. The van der Waals surface area contributed by atoms with Crippen molar-refractivity contribution < 1.29 is 0 Å². The maximum absolute atomic E-state index is 4.43. The van der Waals surface area contributed by atoms with Gasteiger partial charge in [-0.2, -0.15) is 5.10 Å². The molecule has 3 nitrogen and oxygen atoms in total. The van der Waals surface area contributed by atoms with E-state index in [2.05, 4.69) is 37.3 Å². The third-order valence-electron chi connectivity index (χ3n) is 3.00. The molecule has 3 heteroatoms. The predicted octanol–water partition coefficient (Wildman–Crippen LogP) is 1.99. The van der Waals surface area contributed by atoms with Gasteiger partial charge in [0.2, 0.25) is 0 Å². The van der Waals surface area contributed by atoms with Gasteiger partial charge in [-0.3, -0.25) is 4.68 Å². The molecule has 0 aliphatic rings. The van der Waals surface area contributed by atoms with Gasteiger partial charge in [-0.05, 0) is 18.5 Å². The van der Waals surface area contributed by atoms with Gasteiger partial charge in [0, 0.05) is 25.7 Å². The molecule has 0 amide bonds. The molecule has 0 fully saturated rings. The average Bonchev–Trinajstić information content (AvgIpc) is 2.62. The smallest absolute Gasteiger partial charge is 0.0640 e. The molecule has 0 aliphatic heterocycles. The molecule has 2 atom stereocenters. The second kappa shape index (κ2) is 5.91. The Morgan fingerprint density at radius 2 is 2.20 bits per heavy atom. The van der Waals surface area contributed by atoms with Crippen molar-refractivity contribution in [1.82, 2.24) is 15.1 Å². The first kappa shape index (κ1) is 12.2. The number of aromatic nitrogens is 2. The van der Waals surface area contributed by atoms with Gasteiger partial charge in [0.25, 0.3) is 0 Å².